The van der Waals surface area contributed by atoms with Crippen molar-refractivity contribution in [2.75, 3.05) is 4.90 Å². The van der Waals surface area contributed by atoms with Crippen molar-refractivity contribution in [1.82, 2.24) is 0 Å². The number of nitrogens with zero attached hydrogens (tertiary/aromatic N) is 1. The van der Waals surface area contributed by atoms with Crippen LogP contribution in [0.4, 0.5) is 18.9 Å². The van der Waals surface area contributed by atoms with Crippen LogP contribution in [0.5, 0.6) is 5.75 Å². The lowest BCUT2D eigenvalue weighted by atomic mass is 10.0. The van der Waals surface area contributed by atoms with E-state index in [2.05, 4.69) is 4.74 Å². The first-order valence-corrected chi connectivity index (χ1v) is 9.20. The van der Waals surface area contributed by atoms with Crippen molar-refractivity contribution in [2.24, 2.45) is 0 Å². The molecule has 0 aliphatic carbocycles. The summed E-state index contributed by atoms with van der Waals surface area (Å²) in [5.41, 5.74) is 2.83. The lowest BCUT2D eigenvalue weighted by Gasteiger charge is -2.17. The normalized spacial score (nSPS) is 13.5. The van der Waals surface area contributed by atoms with Gasteiger partial charge in [-0.15, -0.1) is 13.2 Å². The Morgan fingerprint density at radius 2 is 1.47 bits per heavy atom. The van der Waals surface area contributed by atoms with E-state index in [-0.39, 0.29) is 17.8 Å². The van der Waals surface area contributed by atoms with Crippen LogP contribution in [0.1, 0.15) is 15.9 Å². The minimum atomic E-state index is -4.88. The van der Waals surface area contributed by atoms with Gasteiger partial charge >= 0.3 is 6.36 Å². The average molecular weight is 432 g/mol. The third-order valence-corrected chi connectivity index (χ3v) is 4.90. The molecule has 4 rings (SSSR count). The van der Waals surface area contributed by atoms with Crippen molar-refractivity contribution >= 4 is 29.0 Å². The van der Waals surface area contributed by atoms with Crippen LogP contribution in [-0.2, 0) is 11.3 Å². The van der Waals surface area contributed by atoms with Gasteiger partial charge in [0, 0.05) is 5.02 Å². The maximum atomic E-state index is 12.4. The highest BCUT2D eigenvalue weighted by Gasteiger charge is 2.37. The molecule has 0 aromatic heterocycles. The summed E-state index contributed by atoms with van der Waals surface area (Å²) in [7, 11) is 0. The largest absolute Gasteiger partial charge is 0.573 e. The van der Waals surface area contributed by atoms with Crippen LogP contribution in [0.15, 0.2) is 66.7 Å². The molecule has 30 heavy (non-hydrogen) atoms. The summed E-state index contributed by atoms with van der Waals surface area (Å²) in [6.45, 7) is 0.109. The molecule has 0 atom stereocenters. The topological polar surface area (TPSA) is 46.6 Å². The Balaban J connectivity index is 1.56. The molecule has 0 bridgehead atoms. The van der Waals surface area contributed by atoms with E-state index in [1.807, 2.05) is 36.4 Å². The molecule has 0 saturated carbocycles. The third kappa shape index (κ3) is 4.02. The molecule has 1 aliphatic heterocycles. The van der Waals surface area contributed by atoms with E-state index in [1.165, 1.54) is 11.0 Å². The number of benzene rings is 3. The fourth-order valence-electron chi connectivity index (χ4n) is 3.26. The molecular weight excluding hydrogens is 419 g/mol. The molecule has 0 N–H and O–H groups in total. The Bertz CT molecular complexity index is 1130. The van der Waals surface area contributed by atoms with E-state index in [1.54, 1.807) is 12.1 Å². The van der Waals surface area contributed by atoms with Gasteiger partial charge in [-0.1, -0.05) is 48.0 Å². The molecule has 1 heterocycles. The predicted octanol–water partition coefficient (Wildman–Crippen LogP) is 5.64. The highest BCUT2D eigenvalue weighted by Crippen LogP contribution is 2.35. The van der Waals surface area contributed by atoms with Gasteiger partial charge in [-0.25, -0.2) is 0 Å². The number of fused-ring (bicyclic) bond motifs is 1. The number of ketones is 1. The number of hydrogen-bond donors (Lipinski definition) is 0. The Labute approximate surface area is 174 Å². The molecule has 152 valence electrons. The van der Waals surface area contributed by atoms with Crippen LogP contribution in [0.25, 0.3) is 11.1 Å². The molecule has 4 nitrogen and oxygen atoms in total. The second-order valence-corrected chi connectivity index (χ2v) is 7.09. The molecule has 0 fully saturated rings. The van der Waals surface area contributed by atoms with Gasteiger partial charge in [-0.3, -0.25) is 9.59 Å². The quantitative estimate of drug-likeness (QED) is 0.502. The standard InChI is InChI=1S/C22H13ClF3NO3/c23-16-7-5-15(6-8-16)14-3-1-13(2-4-14)12-27-19-10-9-17(30-22(24,25)26)11-18(19)20(28)21(27)29/h1-11H,12H2. The van der Waals surface area contributed by atoms with E-state index < -0.39 is 23.8 Å². The molecule has 0 saturated heterocycles. The maximum absolute atomic E-state index is 12.4. The van der Waals surface area contributed by atoms with E-state index in [9.17, 15) is 22.8 Å². The van der Waals surface area contributed by atoms with Gasteiger partial charge in [0.15, 0.2) is 0 Å². The molecule has 3 aromatic rings. The van der Waals surface area contributed by atoms with Gasteiger partial charge in [-0.2, -0.15) is 0 Å². The minimum absolute atomic E-state index is 0.109. The Kier molecular flexibility index (Phi) is 4.99. The third-order valence-electron chi connectivity index (χ3n) is 4.65. The first-order chi connectivity index (χ1) is 14.2. The van der Waals surface area contributed by atoms with Gasteiger partial charge in [-0.05, 0) is 47.0 Å². The van der Waals surface area contributed by atoms with Gasteiger partial charge in [0.1, 0.15) is 5.75 Å². The fourth-order valence-corrected chi connectivity index (χ4v) is 3.39. The van der Waals surface area contributed by atoms with Crippen molar-refractivity contribution in [3.8, 4) is 16.9 Å². The first-order valence-electron chi connectivity index (χ1n) is 8.82. The lowest BCUT2D eigenvalue weighted by molar-refractivity contribution is -0.274. The molecule has 8 heteroatoms. The first kappa shape index (κ1) is 20.0. The van der Waals surface area contributed by atoms with Gasteiger partial charge < -0.3 is 9.64 Å². The van der Waals surface area contributed by atoms with Crippen molar-refractivity contribution in [2.45, 2.75) is 12.9 Å². The molecule has 1 aliphatic rings. The van der Waals surface area contributed by atoms with Gasteiger partial charge in [0.05, 0.1) is 17.8 Å². The fraction of sp³-hybridized carbons (Fsp3) is 0.0909. The smallest absolute Gasteiger partial charge is 0.406 e. The number of amides is 1. The second kappa shape index (κ2) is 7.50. The van der Waals surface area contributed by atoms with Crippen molar-refractivity contribution in [1.29, 1.82) is 0 Å². The predicted molar refractivity (Wildman–Crippen MR) is 106 cm³/mol. The molecule has 3 aromatic carbocycles. The minimum Gasteiger partial charge on any atom is -0.406 e. The maximum Gasteiger partial charge on any atom is 0.573 e. The number of halogens is 4. The highest BCUT2D eigenvalue weighted by molar-refractivity contribution is 6.52. The molecule has 0 radical (unpaired) electrons. The SMILES string of the molecule is O=C1C(=O)N(Cc2ccc(-c3ccc(Cl)cc3)cc2)c2ccc(OC(F)(F)F)cc21. The highest BCUT2D eigenvalue weighted by atomic mass is 35.5. The molecule has 1 amide bonds. The number of carbonyl (C=O) groups excluding carboxylic acids is 2. The van der Waals surface area contributed by atoms with Crippen LogP contribution < -0.4 is 9.64 Å². The van der Waals surface area contributed by atoms with Crippen molar-refractivity contribution in [3.63, 3.8) is 0 Å². The number of alkyl halides is 3. The summed E-state index contributed by atoms with van der Waals surface area (Å²) in [6.07, 6.45) is -4.88. The summed E-state index contributed by atoms with van der Waals surface area (Å²) in [6, 6.07) is 18.0. The molecular formula is C22H13ClF3NO3. The summed E-state index contributed by atoms with van der Waals surface area (Å²) in [4.78, 5) is 25.9. The van der Waals surface area contributed by atoms with E-state index in [4.69, 9.17) is 11.6 Å². The zero-order valence-electron chi connectivity index (χ0n) is 15.2. The second-order valence-electron chi connectivity index (χ2n) is 6.65. The lowest BCUT2D eigenvalue weighted by Crippen LogP contribution is -2.29. The molecule has 0 spiro atoms. The number of hydrogen-bond acceptors (Lipinski definition) is 3. The zero-order chi connectivity index (χ0) is 21.5. The van der Waals surface area contributed by atoms with E-state index >= 15 is 0 Å². The average Bonchev–Trinajstić information content (AvgIpc) is 2.93. The Morgan fingerprint density at radius 1 is 0.867 bits per heavy atom. The summed E-state index contributed by atoms with van der Waals surface area (Å²) in [5, 5.41) is 0.634. The number of rotatable bonds is 4. The van der Waals surface area contributed by atoms with Crippen LogP contribution >= 0.6 is 11.6 Å². The Morgan fingerprint density at radius 3 is 2.07 bits per heavy atom. The van der Waals surface area contributed by atoms with Crippen molar-refractivity contribution < 1.29 is 27.5 Å². The summed E-state index contributed by atoms with van der Waals surface area (Å²) < 4.78 is 41.1. The monoisotopic (exact) mass is 431 g/mol. The van der Waals surface area contributed by atoms with Crippen LogP contribution in [0, 0.1) is 0 Å². The van der Waals surface area contributed by atoms with Crippen LogP contribution in [0.3, 0.4) is 0 Å². The van der Waals surface area contributed by atoms with Gasteiger partial charge in [0.2, 0.25) is 0 Å². The van der Waals surface area contributed by atoms with Gasteiger partial charge in [0.25, 0.3) is 11.7 Å². The van der Waals surface area contributed by atoms with E-state index in [0.717, 1.165) is 28.8 Å². The number of anilines is 1. The number of Topliss-reactive ketones (excluding diaryl/α,β-unsaturated/α-hetero) is 1. The summed E-state index contributed by atoms with van der Waals surface area (Å²) in [5.74, 6) is -2.21. The Hall–Kier alpha value is -3.32. The molecule has 0 unspecified atom stereocenters. The van der Waals surface area contributed by atoms with Crippen LogP contribution in [-0.4, -0.2) is 18.1 Å². The van der Waals surface area contributed by atoms with Crippen LogP contribution in [0.2, 0.25) is 5.02 Å². The zero-order valence-corrected chi connectivity index (χ0v) is 16.0. The summed E-state index contributed by atoms with van der Waals surface area (Å²) >= 11 is 5.90. The number of ether oxygens (including phenoxy) is 1. The van der Waals surface area contributed by atoms with E-state index in [0.29, 0.717) is 5.02 Å². The van der Waals surface area contributed by atoms with Crippen molar-refractivity contribution in [3.05, 3.63) is 82.9 Å². The number of carbonyl (C=O) groups is 2.